The second kappa shape index (κ2) is 10.3. The van der Waals surface area contributed by atoms with Crippen molar-refractivity contribution in [3.63, 3.8) is 0 Å². The molecule has 0 aliphatic heterocycles. The lowest BCUT2D eigenvalue weighted by Gasteiger charge is -2.24. The van der Waals surface area contributed by atoms with Gasteiger partial charge in [0.25, 0.3) is 11.6 Å². The van der Waals surface area contributed by atoms with Crippen LogP contribution in [0, 0.1) is 10.1 Å². The molecule has 0 aromatic heterocycles. The van der Waals surface area contributed by atoms with Crippen LogP contribution in [0.5, 0.6) is 0 Å². The van der Waals surface area contributed by atoms with Gasteiger partial charge in [-0.1, -0.05) is 41.4 Å². The lowest BCUT2D eigenvalue weighted by Crippen LogP contribution is -2.31. The Kier molecular flexibility index (Phi) is 7.45. The van der Waals surface area contributed by atoms with Gasteiger partial charge in [-0.25, -0.2) is 4.79 Å². The average Bonchev–Trinajstić information content (AvgIpc) is 2.78. The van der Waals surface area contributed by atoms with Gasteiger partial charge in [-0.15, -0.1) is 0 Å². The number of para-hydroxylation sites is 1. The number of hydrogen-bond donors (Lipinski definition) is 0. The summed E-state index contributed by atoms with van der Waals surface area (Å²) in [6.07, 6.45) is 0. The first-order valence-corrected chi connectivity index (χ1v) is 10.3. The number of hydrogen-bond acceptors (Lipinski definition) is 5. The van der Waals surface area contributed by atoms with Crippen molar-refractivity contribution < 1.29 is 19.2 Å². The van der Waals surface area contributed by atoms with Crippen molar-refractivity contribution in [1.82, 2.24) is 0 Å². The van der Waals surface area contributed by atoms with E-state index in [1.165, 1.54) is 35.2 Å². The lowest BCUT2D eigenvalue weighted by molar-refractivity contribution is -0.385. The highest BCUT2D eigenvalue weighted by atomic mass is 35.5. The summed E-state index contributed by atoms with van der Waals surface area (Å²) in [6, 6.07) is 16.8. The Morgan fingerprint density at radius 1 is 1.03 bits per heavy atom. The summed E-state index contributed by atoms with van der Waals surface area (Å²) in [4.78, 5) is 37.6. The molecular weight excluding hydrogens is 455 g/mol. The Hall–Kier alpha value is -3.42. The first-order valence-electron chi connectivity index (χ1n) is 9.58. The van der Waals surface area contributed by atoms with Gasteiger partial charge in [0.2, 0.25) is 0 Å². The highest BCUT2D eigenvalue weighted by molar-refractivity contribution is 6.35. The van der Waals surface area contributed by atoms with Crippen LogP contribution in [0.2, 0.25) is 10.0 Å². The number of nitro groups is 1. The van der Waals surface area contributed by atoms with Gasteiger partial charge in [-0.2, -0.15) is 0 Å². The minimum atomic E-state index is -0.607. The maximum Gasteiger partial charge on any atom is 0.338 e. The number of halogens is 2. The second-order valence-corrected chi connectivity index (χ2v) is 7.51. The fourth-order valence-corrected chi connectivity index (χ4v) is 3.52. The maximum absolute atomic E-state index is 13.4. The molecule has 3 aromatic carbocycles. The number of nitrogens with zero attached hydrogens (tertiary/aromatic N) is 2. The number of amides is 1. The van der Waals surface area contributed by atoms with Crippen LogP contribution in [0.1, 0.15) is 33.2 Å². The van der Waals surface area contributed by atoms with Gasteiger partial charge in [0.05, 0.1) is 23.6 Å². The quantitative estimate of drug-likeness (QED) is 0.241. The van der Waals surface area contributed by atoms with E-state index in [-0.39, 0.29) is 24.4 Å². The van der Waals surface area contributed by atoms with E-state index in [9.17, 15) is 19.7 Å². The maximum atomic E-state index is 13.4. The minimum Gasteiger partial charge on any atom is -0.462 e. The molecule has 0 N–H and O–H groups in total. The highest BCUT2D eigenvalue weighted by Crippen LogP contribution is 2.28. The number of carbonyl (C=O) groups is 2. The first-order chi connectivity index (χ1) is 15.3. The van der Waals surface area contributed by atoms with Crippen molar-refractivity contribution in [2.45, 2.75) is 13.5 Å². The van der Waals surface area contributed by atoms with Crippen LogP contribution in [0.25, 0.3) is 0 Å². The van der Waals surface area contributed by atoms with Crippen molar-refractivity contribution in [2.75, 3.05) is 11.5 Å². The zero-order valence-corrected chi connectivity index (χ0v) is 18.5. The zero-order valence-electron chi connectivity index (χ0n) is 17.0. The first kappa shape index (κ1) is 23.2. The molecule has 0 radical (unpaired) electrons. The smallest absolute Gasteiger partial charge is 0.338 e. The SMILES string of the molecule is CCOC(=O)c1ccc(N(Cc2ccc(Cl)cc2Cl)C(=O)c2ccccc2[N+](=O)[O-])cc1. The summed E-state index contributed by atoms with van der Waals surface area (Å²) >= 11 is 12.3. The van der Waals surface area contributed by atoms with Gasteiger partial charge in [0, 0.05) is 21.8 Å². The molecule has 0 heterocycles. The number of ether oxygens (including phenoxy) is 1. The van der Waals surface area contributed by atoms with Gasteiger partial charge in [-0.05, 0) is 55.0 Å². The molecule has 3 rings (SSSR count). The van der Waals surface area contributed by atoms with E-state index < -0.39 is 16.8 Å². The standard InChI is InChI=1S/C23H18Cl2N2O5/c1-2-32-23(29)15-8-11-18(12-9-15)26(14-16-7-10-17(24)13-20(16)25)22(28)19-5-3-4-6-21(19)27(30)31/h3-13H,2,14H2,1H3. The molecule has 0 spiro atoms. The Morgan fingerprint density at radius 3 is 2.34 bits per heavy atom. The molecule has 164 valence electrons. The summed E-state index contributed by atoms with van der Waals surface area (Å²) in [7, 11) is 0. The van der Waals surface area contributed by atoms with Gasteiger partial charge in [0.15, 0.2) is 0 Å². The van der Waals surface area contributed by atoms with Crippen molar-refractivity contribution in [2.24, 2.45) is 0 Å². The van der Waals surface area contributed by atoms with E-state index in [0.29, 0.717) is 26.9 Å². The van der Waals surface area contributed by atoms with Crippen LogP contribution < -0.4 is 4.90 Å². The van der Waals surface area contributed by atoms with Crippen LogP contribution in [0.3, 0.4) is 0 Å². The Balaban J connectivity index is 2.04. The number of anilines is 1. The number of nitro benzene ring substituents is 1. The van der Waals surface area contributed by atoms with Crippen molar-refractivity contribution in [1.29, 1.82) is 0 Å². The average molecular weight is 473 g/mol. The normalized spacial score (nSPS) is 10.5. The van der Waals surface area contributed by atoms with E-state index in [4.69, 9.17) is 27.9 Å². The molecule has 0 aliphatic carbocycles. The third kappa shape index (κ3) is 5.25. The minimum absolute atomic E-state index is 0.0274. The van der Waals surface area contributed by atoms with E-state index in [0.717, 1.165) is 0 Å². The Morgan fingerprint density at radius 2 is 1.72 bits per heavy atom. The van der Waals surface area contributed by atoms with Gasteiger partial charge >= 0.3 is 5.97 Å². The van der Waals surface area contributed by atoms with Crippen LogP contribution in [0.4, 0.5) is 11.4 Å². The lowest BCUT2D eigenvalue weighted by atomic mass is 10.1. The molecule has 0 aliphatic rings. The second-order valence-electron chi connectivity index (χ2n) is 6.67. The van der Waals surface area contributed by atoms with Crippen molar-refractivity contribution in [3.8, 4) is 0 Å². The van der Waals surface area contributed by atoms with Gasteiger partial charge in [0.1, 0.15) is 5.56 Å². The fraction of sp³-hybridized carbons (Fsp3) is 0.130. The highest BCUT2D eigenvalue weighted by Gasteiger charge is 2.26. The molecule has 0 saturated carbocycles. The summed E-state index contributed by atoms with van der Waals surface area (Å²) in [5, 5.41) is 12.3. The number of benzene rings is 3. The predicted octanol–water partition coefficient (Wildman–Crippen LogP) is 5.93. The predicted molar refractivity (Wildman–Crippen MR) is 122 cm³/mol. The molecule has 0 bridgehead atoms. The molecule has 1 amide bonds. The molecule has 0 saturated heterocycles. The van der Waals surface area contributed by atoms with E-state index in [1.54, 1.807) is 43.3 Å². The molecule has 3 aromatic rings. The van der Waals surface area contributed by atoms with Crippen molar-refractivity contribution >= 4 is 46.5 Å². The summed E-state index contributed by atoms with van der Waals surface area (Å²) < 4.78 is 4.99. The van der Waals surface area contributed by atoms with E-state index in [1.807, 2.05) is 0 Å². The molecule has 9 heteroatoms. The van der Waals surface area contributed by atoms with Gasteiger partial charge < -0.3 is 9.64 Å². The third-order valence-corrected chi connectivity index (χ3v) is 5.20. The van der Waals surface area contributed by atoms with Crippen molar-refractivity contribution in [3.05, 3.63) is 104 Å². The Bertz CT molecular complexity index is 1170. The molecule has 0 unspecified atom stereocenters. The van der Waals surface area contributed by atoms with Crippen LogP contribution in [0.15, 0.2) is 66.7 Å². The molecule has 32 heavy (non-hydrogen) atoms. The molecular formula is C23H18Cl2N2O5. The number of carbonyl (C=O) groups excluding carboxylic acids is 2. The number of rotatable bonds is 7. The molecule has 0 fully saturated rings. The summed E-state index contributed by atoms with van der Waals surface area (Å²) in [5.41, 5.74) is 0.952. The van der Waals surface area contributed by atoms with E-state index >= 15 is 0 Å². The largest absolute Gasteiger partial charge is 0.462 e. The third-order valence-electron chi connectivity index (χ3n) is 4.61. The summed E-state index contributed by atoms with van der Waals surface area (Å²) in [6.45, 7) is 1.97. The van der Waals surface area contributed by atoms with Crippen LogP contribution in [-0.2, 0) is 11.3 Å². The Labute approximate surface area is 194 Å². The molecule has 0 atom stereocenters. The number of esters is 1. The molecule has 7 nitrogen and oxygen atoms in total. The van der Waals surface area contributed by atoms with Crippen LogP contribution >= 0.6 is 23.2 Å². The van der Waals surface area contributed by atoms with Crippen LogP contribution in [-0.4, -0.2) is 23.4 Å². The monoisotopic (exact) mass is 472 g/mol. The summed E-state index contributed by atoms with van der Waals surface area (Å²) in [5.74, 6) is -1.08. The fourth-order valence-electron chi connectivity index (χ4n) is 3.05. The zero-order chi connectivity index (χ0) is 23.3. The van der Waals surface area contributed by atoms with E-state index in [2.05, 4.69) is 0 Å². The van der Waals surface area contributed by atoms with Gasteiger partial charge in [-0.3, -0.25) is 14.9 Å². The topological polar surface area (TPSA) is 89.8 Å².